The van der Waals surface area contributed by atoms with Gasteiger partial charge in [0.1, 0.15) is 17.5 Å². The summed E-state index contributed by atoms with van der Waals surface area (Å²) in [5, 5.41) is 16.7. The molecule has 4 rings (SSSR count). The first-order valence-corrected chi connectivity index (χ1v) is 10.2. The van der Waals surface area contributed by atoms with Gasteiger partial charge in [-0.2, -0.15) is 5.26 Å². The van der Waals surface area contributed by atoms with E-state index in [1.54, 1.807) is 12.3 Å². The summed E-state index contributed by atoms with van der Waals surface area (Å²) < 4.78 is 0. The van der Waals surface area contributed by atoms with Gasteiger partial charge in [0.2, 0.25) is 5.95 Å². The monoisotopic (exact) mass is 374 g/mol. The van der Waals surface area contributed by atoms with Crippen LogP contribution in [0.25, 0.3) is 5.57 Å². The Labute approximate surface area is 166 Å². The minimum atomic E-state index is 0.529. The lowest BCUT2D eigenvalue weighted by atomic mass is 9.89. The van der Waals surface area contributed by atoms with E-state index in [9.17, 15) is 5.26 Å². The number of hydrogen-bond donors (Lipinski definition) is 2. The molecule has 1 saturated carbocycles. The molecule has 1 aromatic heterocycles. The topological polar surface area (TPSA) is 76.9 Å². The molecule has 6 heteroatoms. The van der Waals surface area contributed by atoms with E-state index in [1.807, 2.05) is 18.2 Å². The normalized spacial score (nSPS) is 18.2. The molecule has 144 valence electrons. The van der Waals surface area contributed by atoms with Gasteiger partial charge in [0.25, 0.3) is 0 Å². The summed E-state index contributed by atoms with van der Waals surface area (Å²) in [7, 11) is 0. The van der Waals surface area contributed by atoms with Gasteiger partial charge in [-0.05, 0) is 43.9 Å². The minimum absolute atomic E-state index is 0.529. The molecule has 0 saturated heterocycles. The van der Waals surface area contributed by atoms with Crippen molar-refractivity contribution in [1.29, 1.82) is 5.26 Å². The van der Waals surface area contributed by atoms with Gasteiger partial charge in [-0.15, -0.1) is 0 Å². The second-order valence-corrected chi connectivity index (χ2v) is 7.37. The number of aromatic nitrogens is 2. The molecule has 0 bridgehead atoms. The van der Waals surface area contributed by atoms with E-state index >= 15 is 0 Å². The molecule has 2 aliphatic rings. The molecule has 0 unspecified atom stereocenters. The fraction of sp³-hybridized carbons (Fsp3) is 0.409. The molecule has 0 atom stereocenters. The van der Waals surface area contributed by atoms with Gasteiger partial charge in [0.05, 0.1) is 17.1 Å². The molecule has 2 heterocycles. The second-order valence-electron chi connectivity index (χ2n) is 7.37. The van der Waals surface area contributed by atoms with Gasteiger partial charge in [-0.3, -0.25) is 0 Å². The number of para-hydroxylation sites is 2. The number of nitrogens with one attached hydrogen (secondary N) is 2. The summed E-state index contributed by atoms with van der Waals surface area (Å²) in [6.07, 6.45) is 8.25. The van der Waals surface area contributed by atoms with Crippen LogP contribution in [0, 0.1) is 17.2 Å². The van der Waals surface area contributed by atoms with E-state index in [1.165, 1.54) is 32.1 Å². The highest BCUT2D eigenvalue weighted by molar-refractivity contribution is 5.90. The summed E-state index contributed by atoms with van der Waals surface area (Å²) in [4.78, 5) is 11.1. The van der Waals surface area contributed by atoms with Crippen molar-refractivity contribution in [3.63, 3.8) is 0 Å². The highest BCUT2D eigenvalue weighted by atomic mass is 15.3. The van der Waals surface area contributed by atoms with Gasteiger partial charge in [-0.1, -0.05) is 31.4 Å². The predicted molar refractivity (Wildman–Crippen MR) is 113 cm³/mol. The number of nitriles is 1. The fourth-order valence-electron chi connectivity index (χ4n) is 4.10. The van der Waals surface area contributed by atoms with Crippen LogP contribution in [-0.4, -0.2) is 23.1 Å². The van der Waals surface area contributed by atoms with Crippen molar-refractivity contribution in [3.05, 3.63) is 48.0 Å². The molecule has 2 N–H and O–H groups in total. The summed E-state index contributed by atoms with van der Waals surface area (Å²) in [5.41, 5.74) is 3.26. The van der Waals surface area contributed by atoms with Gasteiger partial charge < -0.3 is 15.5 Å². The summed E-state index contributed by atoms with van der Waals surface area (Å²) >= 11 is 0. The van der Waals surface area contributed by atoms with Crippen molar-refractivity contribution in [2.75, 3.05) is 28.6 Å². The Balaban J connectivity index is 1.58. The third-order valence-electron chi connectivity index (χ3n) is 5.57. The maximum atomic E-state index is 9.90. The van der Waals surface area contributed by atoms with Crippen LogP contribution in [0.4, 0.5) is 17.3 Å². The van der Waals surface area contributed by atoms with E-state index in [0.717, 1.165) is 30.3 Å². The molecule has 1 aromatic carbocycles. The third-order valence-corrected chi connectivity index (χ3v) is 5.57. The first kappa shape index (κ1) is 18.3. The quantitative estimate of drug-likeness (QED) is 0.744. The van der Waals surface area contributed by atoms with E-state index < -0.39 is 0 Å². The largest absolute Gasteiger partial charge is 0.354 e. The number of rotatable bonds is 5. The molecule has 1 aliphatic heterocycles. The predicted octanol–water partition coefficient (Wildman–Crippen LogP) is 4.61. The minimum Gasteiger partial charge on any atom is -0.354 e. The van der Waals surface area contributed by atoms with E-state index in [2.05, 4.69) is 44.6 Å². The Morgan fingerprint density at radius 2 is 2.07 bits per heavy atom. The van der Waals surface area contributed by atoms with Crippen molar-refractivity contribution >= 4 is 22.9 Å². The van der Waals surface area contributed by atoms with E-state index in [4.69, 9.17) is 0 Å². The maximum Gasteiger partial charge on any atom is 0.223 e. The maximum absolute atomic E-state index is 9.90. The fourth-order valence-corrected chi connectivity index (χ4v) is 4.10. The van der Waals surface area contributed by atoms with Crippen molar-refractivity contribution < 1.29 is 0 Å². The molecule has 6 nitrogen and oxygen atoms in total. The lowest BCUT2D eigenvalue weighted by Crippen LogP contribution is -2.22. The first-order valence-electron chi connectivity index (χ1n) is 10.2. The lowest BCUT2D eigenvalue weighted by molar-refractivity contribution is 0.373. The van der Waals surface area contributed by atoms with E-state index in [-0.39, 0.29) is 0 Å². The van der Waals surface area contributed by atoms with Gasteiger partial charge in [-0.25, -0.2) is 9.97 Å². The highest BCUT2D eigenvalue weighted by Gasteiger charge is 2.26. The number of anilines is 3. The summed E-state index contributed by atoms with van der Waals surface area (Å²) in [5.74, 6) is 2.06. The van der Waals surface area contributed by atoms with Crippen molar-refractivity contribution in [2.24, 2.45) is 5.92 Å². The smallest absolute Gasteiger partial charge is 0.223 e. The number of benzene rings is 1. The molecule has 1 aliphatic carbocycles. The van der Waals surface area contributed by atoms with Crippen LogP contribution < -0.4 is 15.5 Å². The second kappa shape index (κ2) is 8.30. The highest BCUT2D eigenvalue weighted by Crippen LogP contribution is 2.38. The molecule has 0 radical (unpaired) electrons. The summed E-state index contributed by atoms with van der Waals surface area (Å²) in [6, 6.07) is 12.2. The zero-order chi connectivity index (χ0) is 19.3. The van der Waals surface area contributed by atoms with Crippen LogP contribution in [0.3, 0.4) is 0 Å². The molecule has 28 heavy (non-hydrogen) atoms. The SMILES string of the molecule is CCN1/C(=C(\C#N)c2ccnc(NCC3CCCCC3)n2)Nc2ccccc21. The number of allylic oxidation sites excluding steroid dienone is 1. The zero-order valence-electron chi connectivity index (χ0n) is 16.3. The van der Waals surface area contributed by atoms with Crippen LogP contribution in [-0.2, 0) is 0 Å². The van der Waals surface area contributed by atoms with Crippen LogP contribution >= 0.6 is 0 Å². The standard InChI is InChI=1S/C22H26N6/c1-2-28-20-11-7-6-10-19(20)26-21(28)17(14-23)18-12-13-24-22(27-18)25-15-16-8-4-3-5-9-16/h6-7,10-13,16,26H,2-5,8-9,15H2,1H3,(H,24,25,27)/b21-17+. The van der Waals surface area contributed by atoms with Crippen LogP contribution in [0.15, 0.2) is 42.3 Å². The lowest BCUT2D eigenvalue weighted by Gasteiger charge is -2.22. The Hall–Kier alpha value is -3.07. The zero-order valence-corrected chi connectivity index (χ0v) is 16.3. The average molecular weight is 374 g/mol. The summed E-state index contributed by atoms with van der Waals surface area (Å²) in [6.45, 7) is 3.74. The molecule has 0 spiro atoms. The Bertz CT molecular complexity index is 907. The van der Waals surface area contributed by atoms with Crippen LogP contribution in [0.5, 0.6) is 0 Å². The number of fused-ring (bicyclic) bond motifs is 1. The van der Waals surface area contributed by atoms with Gasteiger partial charge >= 0.3 is 0 Å². The Morgan fingerprint density at radius 1 is 1.25 bits per heavy atom. The first-order chi connectivity index (χ1) is 13.8. The average Bonchev–Trinajstić information content (AvgIpc) is 3.12. The van der Waals surface area contributed by atoms with E-state index in [0.29, 0.717) is 23.1 Å². The molecular formula is C22H26N6. The number of nitrogens with zero attached hydrogens (tertiary/aromatic N) is 4. The van der Waals surface area contributed by atoms with Gasteiger partial charge in [0.15, 0.2) is 0 Å². The van der Waals surface area contributed by atoms with Crippen molar-refractivity contribution in [1.82, 2.24) is 9.97 Å². The van der Waals surface area contributed by atoms with Crippen LogP contribution in [0.2, 0.25) is 0 Å². The van der Waals surface area contributed by atoms with Crippen molar-refractivity contribution in [3.8, 4) is 6.07 Å². The van der Waals surface area contributed by atoms with Crippen molar-refractivity contribution in [2.45, 2.75) is 39.0 Å². The third kappa shape index (κ3) is 3.65. The van der Waals surface area contributed by atoms with Crippen LogP contribution in [0.1, 0.15) is 44.7 Å². The Morgan fingerprint density at radius 3 is 2.86 bits per heavy atom. The molecule has 1 fully saturated rings. The molecular weight excluding hydrogens is 348 g/mol. The molecule has 0 amide bonds. The number of hydrogen-bond acceptors (Lipinski definition) is 6. The Kier molecular flexibility index (Phi) is 5.43. The van der Waals surface area contributed by atoms with Gasteiger partial charge in [0, 0.05) is 19.3 Å². The molecule has 2 aromatic rings.